The van der Waals surface area contributed by atoms with Crippen LogP contribution in [0.25, 0.3) is 0 Å². The third-order valence-corrected chi connectivity index (χ3v) is 5.96. The van der Waals surface area contributed by atoms with Gasteiger partial charge in [0.05, 0.1) is 5.02 Å². The topological polar surface area (TPSA) is 39.9 Å². The molecule has 1 fully saturated rings. The fourth-order valence-corrected chi connectivity index (χ4v) is 4.13. The number of hydrogen-bond donors (Lipinski definition) is 0. The summed E-state index contributed by atoms with van der Waals surface area (Å²) in [5, 5.41) is 9.79. The van der Waals surface area contributed by atoms with E-state index in [9.17, 15) is 8.78 Å². The van der Waals surface area contributed by atoms with E-state index in [0.717, 1.165) is 29.9 Å². The molecule has 146 valence electrons. The molecule has 1 aromatic heterocycles. The van der Waals surface area contributed by atoms with Crippen molar-refractivity contribution < 1.29 is 13.5 Å². The molecule has 2 aromatic carbocycles. The van der Waals surface area contributed by atoms with Crippen LogP contribution >= 0.6 is 23.4 Å². The van der Waals surface area contributed by atoms with Gasteiger partial charge in [-0.25, -0.2) is 8.78 Å². The SMILES string of the molecule is CC(Sc1nnc(COc2ccccc2Cl)n1C1CC1)c1ccc(F)c(F)c1. The van der Waals surface area contributed by atoms with E-state index in [1.165, 1.54) is 17.8 Å². The van der Waals surface area contributed by atoms with Crippen LogP contribution < -0.4 is 4.74 Å². The van der Waals surface area contributed by atoms with Gasteiger partial charge in [-0.1, -0.05) is 41.6 Å². The Morgan fingerprint density at radius 1 is 1.18 bits per heavy atom. The molecule has 0 amide bonds. The molecule has 4 rings (SSSR count). The smallest absolute Gasteiger partial charge is 0.192 e. The summed E-state index contributed by atoms with van der Waals surface area (Å²) in [6.45, 7) is 2.19. The van der Waals surface area contributed by atoms with E-state index < -0.39 is 11.6 Å². The minimum absolute atomic E-state index is 0.103. The molecule has 0 spiro atoms. The lowest BCUT2D eigenvalue weighted by molar-refractivity contribution is 0.288. The number of nitrogens with zero attached hydrogens (tertiary/aromatic N) is 3. The molecular weight excluding hydrogens is 404 g/mol. The van der Waals surface area contributed by atoms with E-state index in [2.05, 4.69) is 14.8 Å². The number of halogens is 3. The number of para-hydroxylation sites is 1. The van der Waals surface area contributed by atoms with Crippen molar-refractivity contribution >= 4 is 23.4 Å². The summed E-state index contributed by atoms with van der Waals surface area (Å²) >= 11 is 7.61. The Balaban J connectivity index is 1.52. The number of thioether (sulfide) groups is 1. The predicted molar refractivity (Wildman–Crippen MR) is 105 cm³/mol. The van der Waals surface area contributed by atoms with Gasteiger partial charge in [0.15, 0.2) is 22.6 Å². The molecule has 0 N–H and O–H groups in total. The monoisotopic (exact) mass is 421 g/mol. The standard InChI is InChI=1S/C20H18ClF2N3OS/c1-12(13-6-9-16(22)17(23)10-13)28-20-25-24-19(26(20)14-7-8-14)11-27-18-5-3-2-4-15(18)21/h2-6,9-10,12,14H,7-8,11H2,1H3. The van der Waals surface area contributed by atoms with Crippen molar-refractivity contribution in [1.82, 2.24) is 14.8 Å². The van der Waals surface area contributed by atoms with Crippen LogP contribution in [0.4, 0.5) is 8.78 Å². The van der Waals surface area contributed by atoms with Crippen molar-refractivity contribution in [3.8, 4) is 5.75 Å². The van der Waals surface area contributed by atoms with Gasteiger partial charge in [-0.15, -0.1) is 10.2 Å². The van der Waals surface area contributed by atoms with E-state index in [1.54, 1.807) is 18.2 Å². The quantitative estimate of drug-likeness (QED) is 0.440. The van der Waals surface area contributed by atoms with E-state index in [1.807, 2.05) is 19.1 Å². The summed E-state index contributed by atoms with van der Waals surface area (Å²) in [5.41, 5.74) is 0.697. The molecule has 1 atom stereocenters. The van der Waals surface area contributed by atoms with Crippen LogP contribution in [0.2, 0.25) is 5.02 Å². The Morgan fingerprint density at radius 3 is 2.68 bits per heavy atom. The van der Waals surface area contributed by atoms with Gasteiger partial charge in [0.1, 0.15) is 12.4 Å². The molecule has 8 heteroatoms. The molecule has 1 unspecified atom stereocenters. The Labute approximate surface area is 170 Å². The van der Waals surface area contributed by atoms with Crippen LogP contribution in [-0.4, -0.2) is 14.8 Å². The number of benzene rings is 2. The maximum absolute atomic E-state index is 13.5. The predicted octanol–water partition coefficient (Wildman–Crippen LogP) is 5.98. The number of rotatable bonds is 7. The van der Waals surface area contributed by atoms with E-state index in [0.29, 0.717) is 22.4 Å². The number of aromatic nitrogens is 3. The van der Waals surface area contributed by atoms with Gasteiger partial charge >= 0.3 is 0 Å². The maximum atomic E-state index is 13.5. The number of ether oxygens (including phenoxy) is 1. The van der Waals surface area contributed by atoms with Crippen molar-refractivity contribution in [2.45, 2.75) is 42.8 Å². The molecular formula is C20H18ClF2N3OS. The molecule has 1 aliphatic carbocycles. The van der Waals surface area contributed by atoms with Crippen LogP contribution in [0.3, 0.4) is 0 Å². The zero-order valence-electron chi connectivity index (χ0n) is 15.1. The van der Waals surface area contributed by atoms with Gasteiger partial charge in [0.2, 0.25) is 0 Å². The van der Waals surface area contributed by atoms with E-state index in [4.69, 9.17) is 16.3 Å². The lowest BCUT2D eigenvalue weighted by Gasteiger charge is -2.14. The van der Waals surface area contributed by atoms with Crippen LogP contribution in [0, 0.1) is 11.6 Å². The first-order chi connectivity index (χ1) is 13.5. The summed E-state index contributed by atoms with van der Waals surface area (Å²) in [4.78, 5) is 0. The first-order valence-electron chi connectivity index (χ1n) is 8.95. The molecule has 3 aromatic rings. The summed E-state index contributed by atoms with van der Waals surface area (Å²) in [6, 6.07) is 11.6. The molecule has 1 aliphatic rings. The Hall–Kier alpha value is -2.12. The third-order valence-electron chi connectivity index (χ3n) is 4.54. The van der Waals surface area contributed by atoms with E-state index >= 15 is 0 Å². The highest BCUT2D eigenvalue weighted by Crippen LogP contribution is 2.42. The Bertz CT molecular complexity index is 993. The average molecular weight is 422 g/mol. The van der Waals surface area contributed by atoms with E-state index in [-0.39, 0.29) is 11.9 Å². The van der Waals surface area contributed by atoms with Crippen LogP contribution in [0.5, 0.6) is 5.75 Å². The molecule has 1 heterocycles. The average Bonchev–Trinajstić information content (AvgIpc) is 3.44. The second kappa shape index (κ2) is 8.09. The summed E-state index contributed by atoms with van der Waals surface area (Å²) < 4.78 is 34.6. The zero-order chi connectivity index (χ0) is 19.7. The molecule has 28 heavy (non-hydrogen) atoms. The molecule has 1 saturated carbocycles. The normalized spacial score (nSPS) is 14.9. The lowest BCUT2D eigenvalue weighted by atomic mass is 10.1. The van der Waals surface area contributed by atoms with Crippen molar-refractivity contribution in [2.24, 2.45) is 0 Å². The van der Waals surface area contributed by atoms with Crippen LogP contribution in [0.1, 0.15) is 42.4 Å². The molecule has 0 radical (unpaired) electrons. The largest absolute Gasteiger partial charge is 0.484 e. The highest BCUT2D eigenvalue weighted by molar-refractivity contribution is 7.99. The maximum Gasteiger partial charge on any atom is 0.192 e. The summed E-state index contributed by atoms with van der Waals surface area (Å²) in [6.07, 6.45) is 2.12. The number of hydrogen-bond acceptors (Lipinski definition) is 4. The first-order valence-corrected chi connectivity index (χ1v) is 10.2. The van der Waals surface area contributed by atoms with Crippen molar-refractivity contribution in [2.75, 3.05) is 0 Å². The molecule has 0 saturated heterocycles. The Kier molecular flexibility index (Phi) is 5.55. The van der Waals surface area contributed by atoms with Gasteiger partial charge < -0.3 is 4.74 Å². The zero-order valence-corrected chi connectivity index (χ0v) is 16.7. The van der Waals surface area contributed by atoms with Gasteiger partial charge in [-0.05, 0) is 49.6 Å². The molecule has 0 bridgehead atoms. The fourth-order valence-electron chi connectivity index (χ4n) is 2.88. The highest BCUT2D eigenvalue weighted by atomic mass is 35.5. The fraction of sp³-hybridized carbons (Fsp3) is 0.300. The summed E-state index contributed by atoms with van der Waals surface area (Å²) in [7, 11) is 0. The Morgan fingerprint density at radius 2 is 1.96 bits per heavy atom. The van der Waals surface area contributed by atoms with Gasteiger partial charge in [-0.3, -0.25) is 4.57 Å². The van der Waals surface area contributed by atoms with Gasteiger partial charge in [0, 0.05) is 11.3 Å². The van der Waals surface area contributed by atoms with Crippen LogP contribution in [-0.2, 0) is 6.61 Å². The van der Waals surface area contributed by atoms with Gasteiger partial charge in [0.25, 0.3) is 0 Å². The van der Waals surface area contributed by atoms with Crippen molar-refractivity contribution in [3.05, 3.63) is 70.5 Å². The molecule has 0 aliphatic heterocycles. The van der Waals surface area contributed by atoms with Crippen LogP contribution in [0.15, 0.2) is 47.6 Å². The van der Waals surface area contributed by atoms with Crippen molar-refractivity contribution in [3.63, 3.8) is 0 Å². The minimum Gasteiger partial charge on any atom is -0.484 e. The lowest BCUT2D eigenvalue weighted by Crippen LogP contribution is -2.07. The summed E-state index contributed by atoms with van der Waals surface area (Å²) in [5.74, 6) is -0.371. The minimum atomic E-state index is -0.846. The van der Waals surface area contributed by atoms with Crippen molar-refractivity contribution in [1.29, 1.82) is 0 Å². The highest BCUT2D eigenvalue weighted by Gasteiger charge is 2.30. The second-order valence-electron chi connectivity index (χ2n) is 6.65. The molecule has 4 nitrogen and oxygen atoms in total. The first kappa shape index (κ1) is 19.2. The second-order valence-corrected chi connectivity index (χ2v) is 8.37. The van der Waals surface area contributed by atoms with Gasteiger partial charge in [-0.2, -0.15) is 0 Å². The third kappa shape index (κ3) is 4.15.